The molecule has 2 aliphatic heterocycles. The molecule has 0 N–H and O–H groups in total. The predicted octanol–water partition coefficient (Wildman–Crippen LogP) is 5.36. The van der Waals surface area contributed by atoms with E-state index in [2.05, 4.69) is 0 Å². The van der Waals surface area contributed by atoms with Crippen molar-refractivity contribution in [3.63, 3.8) is 0 Å². The van der Waals surface area contributed by atoms with Crippen molar-refractivity contribution >= 4 is 56.3 Å². The Morgan fingerprint density at radius 1 is 1.15 bits per heavy atom. The van der Waals surface area contributed by atoms with Gasteiger partial charge in [-0.05, 0) is 51.8 Å². The van der Waals surface area contributed by atoms with Crippen molar-refractivity contribution in [1.29, 1.82) is 0 Å². The van der Waals surface area contributed by atoms with Gasteiger partial charge in [0.1, 0.15) is 16.1 Å². The van der Waals surface area contributed by atoms with Gasteiger partial charge in [0, 0.05) is 11.1 Å². The summed E-state index contributed by atoms with van der Waals surface area (Å²) >= 11 is 5.66. The third-order valence-corrected chi connectivity index (χ3v) is 10.3. The van der Waals surface area contributed by atoms with Gasteiger partial charge in [0.15, 0.2) is 0 Å². The number of hydrogen-bond donors (Lipinski definition) is 0. The van der Waals surface area contributed by atoms with Gasteiger partial charge in [0.25, 0.3) is 0 Å². The van der Waals surface area contributed by atoms with Crippen LogP contribution in [0.2, 0.25) is 0 Å². The lowest BCUT2D eigenvalue weighted by atomic mass is 9.81. The SMILES string of the molecule is CCOc1ccc2c(c1)-c1c(ssc1=S)C(C)(C)N2C(=O)CN1C(=O)[C@H]2CCCC[C@H]2C1=O. The number of benzene rings is 1. The first kappa shape index (κ1) is 22.7. The number of carbonyl (C=O) groups excluding carboxylic acids is 3. The summed E-state index contributed by atoms with van der Waals surface area (Å²) in [6.07, 6.45) is 3.39. The van der Waals surface area contributed by atoms with Crippen LogP contribution in [0.5, 0.6) is 5.75 Å². The van der Waals surface area contributed by atoms with Gasteiger partial charge in [0.05, 0.1) is 34.5 Å². The Bertz CT molecular complexity index is 1190. The zero-order valence-corrected chi connectivity index (χ0v) is 21.3. The van der Waals surface area contributed by atoms with Crippen molar-refractivity contribution < 1.29 is 19.1 Å². The van der Waals surface area contributed by atoms with E-state index in [1.807, 2.05) is 39.0 Å². The number of ether oxygens (including phenoxy) is 1. The Balaban J connectivity index is 1.54. The molecule has 0 bridgehead atoms. The van der Waals surface area contributed by atoms with Gasteiger partial charge < -0.3 is 4.74 Å². The first-order chi connectivity index (χ1) is 15.8. The molecule has 3 amide bonds. The van der Waals surface area contributed by atoms with Crippen molar-refractivity contribution in [3.05, 3.63) is 26.9 Å². The summed E-state index contributed by atoms with van der Waals surface area (Å²) in [6.45, 7) is 6.22. The summed E-state index contributed by atoms with van der Waals surface area (Å²) in [6, 6.07) is 5.67. The van der Waals surface area contributed by atoms with E-state index in [0.717, 1.165) is 51.2 Å². The van der Waals surface area contributed by atoms with Gasteiger partial charge in [-0.1, -0.05) is 45.7 Å². The van der Waals surface area contributed by atoms with Gasteiger partial charge in [-0.25, -0.2) is 0 Å². The van der Waals surface area contributed by atoms with E-state index < -0.39 is 5.54 Å². The molecule has 1 saturated carbocycles. The van der Waals surface area contributed by atoms with Crippen molar-refractivity contribution in [2.45, 2.75) is 52.0 Å². The number of nitrogens with zero attached hydrogens (tertiary/aromatic N) is 2. The van der Waals surface area contributed by atoms with E-state index in [9.17, 15) is 14.4 Å². The van der Waals surface area contributed by atoms with E-state index in [0.29, 0.717) is 12.4 Å². The molecule has 174 valence electrons. The van der Waals surface area contributed by atoms with Gasteiger partial charge >= 0.3 is 0 Å². The van der Waals surface area contributed by atoms with Crippen LogP contribution in [0.15, 0.2) is 18.2 Å². The van der Waals surface area contributed by atoms with Crippen LogP contribution in [-0.2, 0) is 19.9 Å². The van der Waals surface area contributed by atoms with Crippen molar-refractivity contribution in [1.82, 2.24) is 4.90 Å². The number of anilines is 1. The Morgan fingerprint density at radius 3 is 2.45 bits per heavy atom. The average Bonchev–Trinajstić information content (AvgIpc) is 3.29. The van der Waals surface area contributed by atoms with Gasteiger partial charge in [-0.15, -0.1) is 0 Å². The minimum Gasteiger partial charge on any atom is -0.494 e. The fourth-order valence-electron chi connectivity index (χ4n) is 5.50. The molecule has 6 nitrogen and oxygen atoms in total. The maximum atomic E-state index is 13.8. The molecule has 33 heavy (non-hydrogen) atoms. The maximum absolute atomic E-state index is 13.8. The van der Waals surface area contributed by atoms with Crippen LogP contribution in [-0.4, -0.2) is 35.8 Å². The summed E-state index contributed by atoms with van der Waals surface area (Å²) < 4.78 is 6.50. The molecule has 0 radical (unpaired) electrons. The lowest BCUT2D eigenvalue weighted by Gasteiger charge is -2.43. The first-order valence-electron chi connectivity index (χ1n) is 11.3. The molecule has 0 spiro atoms. The zero-order valence-electron chi connectivity index (χ0n) is 18.9. The molecular formula is C24H26N2O4S3. The number of amides is 3. The Labute approximate surface area is 205 Å². The average molecular weight is 503 g/mol. The summed E-state index contributed by atoms with van der Waals surface area (Å²) in [5.41, 5.74) is 1.90. The summed E-state index contributed by atoms with van der Waals surface area (Å²) in [7, 11) is 3.10. The van der Waals surface area contributed by atoms with Crippen LogP contribution < -0.4 is 9.64 Å². The Hall–Kier alpha value is -2.10. The van der Waals surface area contributed by atoms with Gasteiger partial charge in [0.2, 0.25) is 17.7 Å². The second kappa shape index (κ2) is 8.29. The highest BCUT2D eigenvalue weighted by Gasteiger charge is 2.50. The minimum atomic E-state index is -0.663. The molecule has 9 heteroatoms. The second-order valence-corrected chi connectivity index (χ2v) is 12.1. The van der Waals surface area contributed by atoms with Crippen LogP contribution in [0.4, 0.5) is 5.69 Å². The Morgan fingerprint density at radius 2 is 1.82 bits per heavy atom. The third-order valence-electron chi connectivity index (χ3n) is 7.01. The zero-order chi connectivity index (χ0) is 23.5. The molecule has 5 rings (SSSR count). The number of likely N-dealkylation sites (tertiary alicyclic amines) is 1. The Kier molecular flexibility index (Phi) is 5.69. The van der Waals surface area contributed by atoms with E-state index in [1.165, 1.54) is 15.2 Å². The van der Waals surface area contributed by atoms with Crippen molar-refractivity contribution in [2.24, 2.45) is 11.8 Å². The molecule has 1 aromatic carbocycles. The third kappa shape index (κ3) is 3.47. The summed E-state index contributed by atoms with van der Waals surface area (Å²) in [4.78, 5) is 43.7. The predicted molar refractivity (Wildman–Crippen MR) is 132 cm³/mol. The molecule has 1 aromatic heterocycles. The van der Waals surface area contributed by atoms with E-state index in [1.54, 1.807) is 15.2 Å². The molecule has 2 aromatic rings. The van der Waals surface area contributed by atoms with Crippen LogP contribution in [0.1, 0.15) is 51.3 Å². The molecule has 3 aliphatic rings. The van der Waals surface area contributed by atoms with Crippen LogP contribution >= 0.6 is 32.9 Å². The highest BCUT2D eigenvalue weighted by molar-refractivity contribution is 7.80. The molecular weight excluding hydrogens is 476 g/mol. The molecule has 2 fully saturated rings. The van der Waals surface area contributed by atoms with Crippen LogP contribution in [0, 0.1) is 15.7 Å². The monoisotopic (exact) mass is 502 g/mol. The standard InChI is InChI=1S/C24H26N2O4S3/c1-4-30-13-9-10-17-16(11-13)19-20(32-33-23(19)31)24(2,3)26(17)18(27)12-25-21(28)14-7-5-6-8-15(14)22(25)29/h9-11,14-15H,4-8,12H2,1-3H3/t14-,15+. The first-order valence-corrected chi connectivity index (χ1v) is 13.9. The minimum absolute atomic E-state index is 0.188. The number of rotatable bonds is 4. The summed E-state index contributed by atoms with van der Waals surface area (Å²) in [5.74, 6) is -0.446. The highest BCUT2D eigenvalue weighted by atomic mass is 32.9. The van der Waals surface area contributed by atoms with E-state index in [4.69, 9.17) is 17.0 Å². The second-order valence-electron chi connectivity index (χ2n) is 9.32. The number of imide groups is 1. The number of fused-ring (bicyclic) bond motifs is 4. The lowest BCUT2D eigenvalue weighted by Crippen LogP contribution is -2.52. The molecule has 2 atom stereocenters. The quantitative estimate of drug-likeness (QED) is 0.320. The molecule has 0 unspecified atom stereocenters. The largest absolute Gasteiger partial charge is 0.494 e. The highest BCUT2D eigenvalue weighted by Crippen LogP contribution is 2.53. The lowest BCUT2D eigenvalue weighted by molar-refractivity contribution is -0.143. The van der Waals surface area contributed by atoms with Crippen molar-refractivity contribution in [2.75, 3.05) is 18.1 Å². The van der Waals surface area contributed by atoms with Gasteiger partial charge in [-0.2, -0.15) is 0 Å². The normalized spacial score (nSPS) is 23.2. The van der Waals surface area contributed by atoms with Gasteiger partial charge in [-0.3, -0.25) is 24.2 Å². The summed E-state index contributed by atoms with van der Waals surface area (Å²) in [5, 5.41) is 0. The maximum Gasteiger partial charge on any atom is 0.247 e. The fourth-order valence-corrected chi connectivity index (χ4v) is 8.79. The van der Waals surface area contributed by atoms with Crippen molar-refractivity contribution in [3.8, 4) is 16.9 Å². The number of carbonyl (C=O) groups is 3. The number of hydrogen-bond acceptors (Lipinski definition) is 7. The fraction of sp³-hybridized carbons (Fsp3) is 0.500. The smallest absolute Gasteiger partial charge is 0.247 e. The molecule has 1 aliphatic carbocycles. The van der Waals surface area contributed by atoms with Crippen LogP contribution in [0.25, 0.3) is 11.1 Å². The van der Waals surface area contributed by atoms with Crippen LogP contribution in [0.3, 0.4) is 0 Å². The topological polar surface area (TPSA) is 66.9 Å². The van der Waals surface area contributed by atoms with E-state index >= 15 is 0 Å². The van der Waals surface area contributed by atoms with E-state index in [-0.39, 0.29) is 36.1 Å². The molecule has 1 saturated heterocycles. The molecule has 3 heterocycles.